The largest absolute Gasteiger partial charge is 0.377 e. The predicted molar refractivity (Wildman–Crippen MR) is 71.3 cm³/mol. The first-order valence-corrected chi connectivity index (χ1v) is 6.64. The van der Waals surface area contributed by atoms with Crippen LogP contribution >= 0.6 is 0 Å². The summed E-state index contributed by atoms with van der Waals surface area (Å²) in [6.45, 7) is 3.08. The van der Waals surface area contributed by atoms with Crippen LogP contribution in [0.1, 0.15) is 30.4 Å². The molecule has 1 aromatic rings. The normalized spacial score (nSPS) is 22.4. The number of aryl methyl sites for hydroxylation is 1. The van der Waals surface area contributed by atoms with Crippen molar-refractivity contribution in [1.29, 1.82) is 0 Å². The fraction of sp³-hybridized carbons (Fsp3) is 0.600. The summed E-state index contributed by atoms with van der Waals surface area (Å²) in [5, 5.41) is 3.41. The van der Waals surface area contributed by atoms with Gasteiger partial charge in [-0.05, 0) is 45.2 Å². The molecule has 0 aliphatic carbocycles. The van der Waals surface area contributed by atoms with Crippen LogP contribution in [0.3, 0.4) is 0 Å². The van der Waals surface area contributed by atoms with E-state index >= 15 is 0 Å². The zero-order valence-electron chi connectivity index (χ0n) is 10.9. The van der Waals surface area contributed by atoms with Crippen LogP contribution in [0.15, 0.2) is 24.3 Å². The summed E-state index contributed by atoms with van der Waals surface area (Å²) in [6, 6.07) is 9.21. The summed E-state index contributed by atoms with van der Waals surface area (Å²) in [4.78, 5) is 0. The monoisotopic (exact) mass is 233 g/mol. The molecule has 2 nitrogen and oxygen atoms in total. The van der Waals surface area contributed by atoms with Gasteiger partial charge in [0, 0.05) is 12.6 Å². The van der Waals surface area contributed by atoms with Crippen LogP contribution in [0.2, 0.25) is 0 Å². The Labute approximate surface area is 104 Å². The molecule has 1 aromatic carbocycles. The Balaban J connectivity index is 1.98. The summed E-state index contributed by atoms with van der Waals surface area (Å²) in [6.07, 6.45) is 5.16. The highest BCUT2D eigenvalue weighted by Crippen LogP contribution is 2.18. The van der Waals surface area contributed by atoms with Gasteiger partial charge in [-0.15, -0.1) is 0 Å². The second-order valence-electron chi connectivity index (χ2n) is 4.99. The lowest BCUT2D eigenvalue weighted by atomic mass is 9.95. The van der Waals surface area contributed by atoms with Crippen molar-refractivity contribution >= 4 is 0 Å². The molecule has 2 unspecified atom stereocenters. The Morgan fingerprint density at radius 1 is 1.41 bits per heavy atom. The van der Waals surface area contributed by atoms with E-state index in [1.54, 1.807) is 0 Å². The summed E-state index contributed by atoms with van der Waals surface area (Å²) in [7, 11) is 2.04. The quantitative estimate of drug-likeness (QED) is 0.863. The molecule has 17 heavy (non-hydrogen) atoms. The average molecular weight is 233 g/mol. The van der Waals surface area contributed by atoms with Crippen molar-refractivity contribution < 1.29 is 4.74 Å². The molecule has 0 amide bonds. The molecule has 1 fully saturated rings. The van der Waals surface area contributed by atoms with E-state index in [2.05, 4.69) is 36.5 Å². The van der Waals surface area contributed by atoms with Gasteiger partial charge in [-0.1, -0.05) is 29.8 Å². The lowest BCUT2D eigenvalue weighted by Gasteiger charge is -2.30. The van der Waals surface area contributed by atoms with Crippen molar-refractivity contribution in [3.05, 3.63) is 35.4 Å². The topological polar surface area (TPSA) is 21.3 Å². The molecular formula is C15H23NO. The zero-order chi connectivity index (χ0) is 12.1. The van der Waals surface area contributed by atoms with Gasteiger partial charge in [-0.3, -0.25) is 0 Å². The van der Waals surface area contributed by atoms with Gasteiger partial charge >= 0.3 is 0 Å². The van der Waals surface area contributed by atoms with Crippen molar-refractivity contribution in [2.45, 2.75) is 44.8 Å². The highest BCUT2D eigenvalue weighted by atomic mass is 16.5. The number of nitrogens with one attached hydrogen (secondary N) is 1. The minimum absolute atomic E-state index is 0.384. The molecule has 1 aliphatic rings. The molecule has 0 radical (unpaired) electrons. The Hall–Kier alpha value is -0.860. The van der Waals surface area contributed by atoms with Gasteiger partial charge in [0.25, 0.3) is 0 Å². The first-order valence-electron chi connectivity index (χ1n) is 6.64. The van der Waals surface area contributed by atoms with Crippen molar-refractivity contribution in [1.82, 2.24) is 5.32 Å². The van der Waals surface area contributed by atoms with Gasteiger partial charge in [-0.2, -0.15) is 0 Å². The summed E-state index contributed by atoms with van der Waals surface area (Å²) < 4.78 is 5.87. The van der Waals surface area contributed by atoms with Crippen LogP contribution in [0.4, 0.5) is 0 Å². The van der Waals surface area contributed by atoms with Crippen molar-refractivity contribution in [2.24, 2.45) is 0 Å². The second-order valence-corrected chi connectivity index (χ2v) is 4.99. The van der Waals surface area contributed by atoms with E-state index in [0.29, 0.717) is 12.1 Å². The van der Waals surface area contributed by atoms with Crippen molar-refractivity contribution in [3.63, 3.8) is 0 Å². The van der Waals surface area contributed by atoms with Crippen LogP contribution < -0.4 is 5.32 Å². The van der Waals surface area contributed by atoms with Crippen molar-refractivity contribution in [2.75, 3.05) is 13.7 Å². The fourth-order valence-electron chi connectivity index (χ4n) is 2.60. The van der Waals surface area contributed by atoms with Gasteiger partial charge in [-0.25, -0.2) is 0 Å². The number of hydrogen-bond acceptors (Lipinski definition) is 2. The number of hydrogen-bond donors (Lipinski definition) is 1. The minimum atomic E-state index is 0.384. The zero-order valence-corrected chi connectivity index (χ0v) is 10.9. The van der Waals surface area contributed by atoms with Crippen LogP contribution in [-0.4, -0.2) is 25.8 Å². The number of ether oxygens (including phenoxy) is 1. The van der Waals surface area contributed by atoms with Gasteiger partial charge in [0.1, 0.15) is 0 Å². The van der Waals surface area contributed by atoms with E-state index in [1.807, 2.05) is 7.05 Å². The molecule has 94 valence electrons. The third kappa shape index (κ3) is 3.55. The highest BCUT2D eigenvalue weighted by molar-refractivity contribution is 5.23. The Morgan fingerprint density at radius 2 is 2.29 bits per heavy atom. The molecule has 0 aromatic heterocycles. The van der Waals surface area contributed by atoms with Crippen LogP contribution in [0.5, 0.6) is 0 Å². The predicted octanol–water partition coefficient (Wildman–Crippen LogP) is 2.69. The van der Waals surface area contributed by atoms with Crippen LogP contribution in [0.25, 0.3) is 0 Å². The van der Waals surface area contributed by atoms with E-state index in [-0.39, 0.29) is 0 Å². The van der Waals surface area contributed by atoms with E-state index in [4.69, 9.17) is 4.74 Å². The van der Waals surface area contributed by atoms with Crippen LogP contribution in [0, 0.1) is 6.92 Å². The Bertz CT molecular complexity index is 345. The maximum atomic E-state index is 5.87. The van der Waals surface area contributed by atoms with E-state index in [0.717, 1.165) is 13.0 Å². The third-order valence-electron chi connectivity index (χ3n) is 3.57. The molecule has 1 aliphatic heterocycles. The first kappa shape index (κ1) is 12.6. The molecule has 1 N–H and O–H groups in total. The van der Waals surface area contributed by atoms with Crippen molar-refractivity contribution in [3.8, 4) is 0 Å². The van der Waals surface area contributed by atoms with Gasteiger partial charge in [0.2, 0.25) is 0 Å². The van der Waals surface area contributed by atoms with E-state index in [9.17, 15) is 0 Å². The molecule has 2 rings (SSSR count). The molecule has 0 saturated carbocycles. The van der Waals surface area contributed by atoms with Gasteiger partial charge in [0.05, 0.1) is 6.10 Å². The SMILES string of the molecule is CNC(Cc1cccc(C)c1)C1CCCCO1. The Morgan fingerprint density at radius 3 is 2.94 bits per heavy atom. The first-order chi connectivity index (χ1) is 8.29. The summed E-state index contributed by atoms with van der Waals surface area (Å²) >= 11 is 0. The molecule has 2 heteroatoms. The molecule has 0 bridgehead atoms. The standard InChI is InChI=1S/C15H23NO/c1-12-6-5-7-13(10-12)11-14(16-2)15-8-3-4-9-17-15/h5-7,10,14-16H,3-4,8-9,11H2,1-2H3. The third-order valence-corrected chi connectivity index (χ3v) is 3.57. The Kier molecular flexibility index (Phi) is 4.57. The molecule has 1 heterocycles. The maximum Gasteiger partial charge on any atom is 0.0731 e. The summed E-state index contributed by atoms with van der Waals surface area (Å²) in [5.74, 6) is 0. The lowest BCUT2D eigenvalue weighted by Crippen LogP contribution is -2.42. The number of rotatable bonds is 4. The van der Waals surface area contributed by atoms with E-state index < -0.39 is 0 Å². The molecule has 1 saturated heterocycles. The number of benzene rings is 1. The molecule has 0 spiro atoms. The molecular weight excluding hydrogens is 210 g/mol. The highest BCUT2D eigenvalue weighted by Gasteiger charge is 2.23. The van der Waals surface area contributed by atoms with Gasteiger partial charge in [0.15, 0.2) is 0 Å². The smallest absolute Gasteiger partial charge is 0.0731 e. The summed E-state index contributed by atoms with van der Waals surface area (Å²) in [5.41, 5.74) is 2.74. The van der Waals surface area contributed by atoms with E-state index in [1.165, 1.54) is 30.4 Å². The fourth-order valence-corrected chi connectivity index (χ4v) is 2.60. The van der Waals surface area contributed by atoms with Gasteiger partial charge < -0.3 is 10.1 Å². The molecule has 2 atom stereocenters. The van der Waals surface area contributed by atoms with Crippen LogP contribution in [-0.2, 0) is 11.2 Å². The lowest BCUT2D eigenvalue weighted by molar-refractivity contribution is -0.00587. The minimum Gasteiger partial charge on any atom is -0.377 e. The number of likely N-dealkylation sites (N-methyl/N-ethyl adjacent to an activating group) is 1. The second kappa shape index (κ2) is 6.18. The maximum absolute atomic E-state index is 5.87. The average Bonchev–Trinajstić information content (AvgIpc) is 2.37.